The molecule has 0 fully saturated rings. The van der Waals surface area contributed by atoms with Crippen molar-refractivity contribution in [3.63, 3.8) is 0 Å². The molecule has 0 bridgehead atoms. The van der Waals surface area contributed by atoms with Gasteiger partial charge in [0.15, 0.2) is 6.61 Å². The van der Waals surface area contributed by atoms with Gasteiger partial charge in [0.2, 0.25) is 0 Å². The van der Waals surface area contributed by atoms with Gasteiger partial charge in [-0.1, -0.05) is 22.9 Å². The lowest BCUT2D eigenvalue weighted by Crippen LogP contribution is -2.44. The molecule has 0 aliphatic carbocycles. The van der Waals surface area contributed by atoms with E-state index in [9.17, 15) is 9.90 Å². The van der Waals surface area contributed by atoms with Crippen molar-refractivity contribution in [1.82, 2.24) is 5.32 Å². The first-order valence-electron chi connectivity index (χ1n) is 6.66. The maximum Gasteiger partial charge on any atom is 0.258 e. The minimum absolute atomic E-state index is 0.0647. The molecule has 0 radical (unpaired) electrons. The number of benzene rings is 1. The number of rotatable bonds is 6. The molecule has 1 aromatic carbocycles. The normalized spacial score (nSPS) is 12.9. The van der Waals surface area contributed by atoms with E-state index >= 15 is 0 Å². The summed E-state index contributed by atoms with van der Waals surface area (Å²) in [7, 11) is 0. The van der Waals surface area contributed by atoms with E-state index in [1.807, 2.05) is 26.8 Å². The zero-order valence-electron chi connectivity index (χ0n) is 12.4. The lowest BCUT2D eigenvalue weighted by molar-refractivity contribution is -0.124. The summed E-state index contributed by atoms with van der Waals surface area (Å²) in [6.07, 6.45) is 0.188. The Labute approximate surface area is 128 Å². The van der Waals surface area contributed by atoms with Gasteiger partial charge in [-0.15, -0.1) is 0 Å². The van der Waals surface area contributed by atoms with Crippen LogP contribution >= 0.6 is 15.9 Å². The van der Waals surface area contributed by atoms with E-state index in [4.69, 9.17) is 4.74 Å². The number of carbonyl (C=O) groups is 1. The number of carbonyl (C=O) groups excluding carboxylic acids is 1. The maximum atomic E-state index is 11.8. The van der Waals surface area contributed by atoms with Crippen molar-refractivity contribution >= 4 is 21.8 Å². The summed E-state index contributed by atoms with van der Waals surface area (Å²) in [5.74, 6) is 0.351. The van der Waals surface area contributed by atoms with Crippen molar-refractivity contribution in [2.45, 2.75) is 45.8 Å². The van der Waals surface area contributed by atoms with Crippen LogP contribution in [0.5, 0.6) is 5.75 Å². The summed E-state index contributed by atoms with van der Waals surface area (Å²) in [4.78, 5) is 11.8. The van der Waals surface area contributed by atoms with Crippen molar-refractivity contribution < 1.29 is 14.6 Å². The molecule has 20 heavy (non-hydrogen) atoms. The maximum absolute atomic E-state index is 11.8. The van der Waals surface area contributed by atoms with Crippen LogP contribution < -0.4 is 10.1 Å². The summed E-state index contributed by atoms with van der Waals surface area (Å²) in [6.45, 7) is 7.54. The summed E-state index contributed by atoms with van der Waals surface area (Å²) in [5, 5.41) is 12.6. The number of nitrogens with one attached hydrogen (secondary N) is 1. The second-order valence-electron chi connectivity index (χ2n) is 5.43. The minimum Gasteiger partial charge on any atom is -0.483 e. The molecule has 0 aliphatic heterocycles. The third-order valence-electron chi connectivity index (χ3n) is 3.14. The van der Waals surface area contributed by atoms with Gasteiger partial charge in [-0.25, -0.2) is 0 Å². The Hall–Kier alpha value is -1.07. The highest BCUT2D eigenvalue weighted by Crippen LogP contribution is 2.28. The Morgan fingerprint density at radius 2 is 2.15 bits per heavy atom. The number of halogens is 1. The molecule has 0 spiro atoms. The fourth-order valence-electron chi connectivity index (χ4n) is 1.62. The standard InChI is InChI=1S/C15H22BrNO3/c1-5-15(3,4)17-14(19)9-20-13-7-6-11(16)8-12(13)10(2)18/h6-8,10,18H,5,9H2,1-4H3,(H,17,19). The Kier molecular flexibility index (Phi) is 6.02. The second kappa shape index (κ2) is 7.09. The SMILES string of the molecule is CCC(C)(C)NC(=O)COc1ccc(Br)cc1C(C)O. The number of aliphatic hydroxyl groups is 1. The fraction of sp³-hybridized carbons (Fsp3) is 0.533. The van der Waals surface area contributed by atoms with Crippen LogP contribution in [-0.2, 0) is 4.79 Å². The zero-order chi connectivity index (χ0) is 15.3. The van der Waals surface area contributed by atoms with E-state index in [0.717, 1.165) is 10.9 Å². The Bertz CT molecular complexity index is 472. The van der Waals surface area contributed by atoms with Crippen LogP contribution in [0.25, 0.3) is 0 Å². The van der Waals surface area contributed by atoms with E-state index in [1.165, 1.54) is 0 Å². The molecule has 112 valence electrons. The third-order valence-corrected chi connectivity index (χ3v) is 3.64. The summed E-state index contributed by atoms with van der Waals surface area (Å²) < 4.78 is 6.37. The summed E-state index contributed by atoms with van der Waals surface area (Å²) >= 11 is 3.35. The van der Waals surface area contributed by atoms with Gasteiger partial charge < -0.3 is 15.2 Å². The predicted octanol–water partition coefficient (Wildman–Crippen LogP) is 3.19. The molecule has 5 heteroatoms. The van der Waals surface area contributed by atoms with Crippen LogP contribution in [0.3, 0.4) is 0 Å². The molecule has 1 aromatic rings. The highest BCUT2D eigenvalue weighted by molar-refractivity contribution is 9.10. The largest absolute Gasteiger partial charge is 0.483 e. The van der Waals surface area contributed by atoms with Crippen LogP contribution in [0.2, 0.25) is 0 Å². The molecule has 1 rings (SSSR count). The van der Waals surface area contributed by atoms with Crippen LogP contribution in [0, 0.1) is 0 Å². The van der Waals surface area contributed by atoms with Crippen molar-refractivity contribution in [3.05, 3.63) is 28.2 Å². The van der Waals surface area contributed by atoms with Crippen molar-refractivity contribution in [2.75, 3.05) is 6.61 Å². The molecule has 1 unspecified atom stereocenters. The van der Waals surface area contributed by atoms with E-state index < -0.39 is 6.10 Å². The molecule has 4 nitrogen and oxygen atoms in total. The van der Waals surface area contributed by atoms with E-state index in [0.29, 0.717) is 11.3 Å². The van der Waals surface area contributed by atoms with Gasteiger partial charge in [0.25, 0.3) is 5.91 Å². The average Bonchev–Trinajstić information content (AvgIpc) is 2.36. The summed E-state index contributed by atoms with van der Waals surface area (Å²) in [5.41, 5.74) is 0.412. The molecular weight excluding hydrogens is 322 g/mol. The van der Waals surface area contributed by atoms with Crippen molar-refractivity contribution in [1.29, 1.82) is 0 Å². The fourth-order valence-corrected chi connectivity index (χ4v) is 2.00. The highest BCUT2D eigenvalue weighted by Gasteiger charge is 2.18. The predicted molar refractivity (Wildman–Crippen MR) is 82.8 cm³/mol. The van der Waals surface area contributed by atoms with Gasteiger partial charge >= 0.3 is 0 Å². The first-order valence-corrected chi connectivity index (χ1v) is 7.46. The lowest BCUT2D eigenvalue weighted by Gasteiger charge is -2.24. The van der Waals surface area contributed by atoms with Crippen LogP contribution in [0.4, 0.5) is 0 Å². The highest BCUT2D eigenvalue weighted by atomic mass is 79.9. The van der Waals surface area contributed by atoms with Crippen LogP contribution in [0.1, 0.15) is 45.8 Å². The third kappa shape index (κ3) is 5.13. The van der Waals surface area contributed by atoms with Gasteiger partial charge in [0.05, 0.1) is 6.10 Å². The molecule has 0 aromatic heterocycles. The average molecular weight is 344 g/mol. The Morgan fingerprint density at radius 3 is 2.70 bits per heavy atom. The van der Waals surface area contributed by atoms with E-state index in [-0.39, 0.29) is 18.1 Å². The Balaban J connectivity index is 2.68. The topological polar surface area (TPSA) is 58.6 Å². The van der Waals surface area contributed by atoms with Crippen LogP contribution in [-0.4, -0.2) is 23.2 Å². The van der Waals surface area contributed by atoms with Gasteiger partial charge in [-0.05, 0) is 45.4 Å². The molecule has 0 heterocycles. The second-order valence-corrected chi connectivity index (χ2v) is 6.35. The lowest BCUT2D eigenvalue weighted by atomic mass is 10.0. The molecular formula is C15H22BrNO3. The molecule has 0 aliphatic rings. The number of hydrogen-bond acceptors (Lipinski definition) is 3. The van der Waals surface area contributed by atoms with E-state index in [1.54, 1.807) is 19.1 Å². The van der Waals surface area contributed by atoms with E-state index in [2.05, 4.69) is 21.2 Å². The quantitative estimate of drug-likeness (QED) is 0.833. The molecule has 0 saturated heterocycles. The van der Waals surface area contributed by atoms with Gasteiger partial charge in [-0.2, -0.15) is 0 Å². The molecule has 1 amide bonds. The molecule has 1 atom stereocenters. The van der Waals surface area contributed by atoms with Crippen LogP contribution in [0.15, 0.2) is 22.7 Å². The first-order chi connectivity index (χ1) is 9.25. The number of hydrogen-bond donors (Lipinski definition) is 2. The van der Waals surface area contributed by atoms with Crippen molar-refractivity contribution in [2.24, 2.45) is 0 Å². The van der Waals surface area contributed by atoms with Gasteiger partial charge in [0.1, 0.15) is 5.75 Å². The van der Waals surface area contributed by atoms with Gasteiger partial charge in [-0.3, -0.25) is 4.79 Å². The number of ether oxygens (including phenoxy) is 1. The minimum atomic E-state index is -0.655. The molecule has 2 N–H and O–H groups in total. The summed E-state index contributed by atoms with van der Waals surface area (Å²) in [6, 6.07) is 5.34. The van der Waals surface area contributed by atoms with Crippen molar-refractivity contribution in [3.8, 4) is 5.75 Å². The molecule has 0 saturated carbocycles. The smallest absolute Gasteiger partial charge is 0.258 e. The zero-order valence-corrected chi connectivity index (χ0v) is 14.0. The number of amides is 1. The Morgan fingerprint density at radius 1 is 1.50 bits per heavy atom. The monoisotopic (exact) mass is 343 g/mol. The first kappa shape index (κ1) is 17.0. The van der Waals surface area contributed by atoms with Gasteiger partial charge in [0, 0.05) is 15.6 Å². The number of aliphatic hydroxyl groups excluding tert-OH is 1.